The second kappa shape index (κ2) is 9.82. The van der Waals surface area contributed by atoms with E-state index in [4.69, 9.17) is 16.6 Å². The molecule has 8 heteroatoms. The van der Waals surface area contributed by atoms with Gasteiger partial charge in [0, 0.05) is 11.0 Å². The van der Waals surface area contributed by atoms with E-state index < -0.39 is 11.5 Å². The summed E-state index contributed by atoms with van der Waals surface area (Å²) in [5, 5.41) is 9.00. The quantitative estimate of drug-likeness (QED) is 0.504. The molecule has 104 valence electrons. The third-order valence-electron chi connectivity index (χ3n) is 1.75. The summed E-state index contributed by atoms with van der Waals surface area (Å²) in [5.74, 6) is -0.0836. The van der Waals surface area contributed by atoms with Crippen molar-refractivity contribution in [2.75, 3.05) is 12.3 Å². The largest absolute Gasteiger partial charge is 0.480 e. The summed E-state index contributed by atoms with van der Waals surface area (Å²) in [4.78, 5) is 14.8. The lowest BCUT2D eigenvalue weighted by molar-refractivity contribution is -0.141. The molecule has 0 saturated heterocycles. The van der Waals surface area contributed by atoms with E-state index in [1.807, 2.05) is 6.92 Å². The van der Waals surface area contributed by atoms with E-state index >= 15 is 0 Å². The first-order chi connectivity index (χ1) is 6.75. The molecular formula is C9H21Cl2N3O2S. The Labute approximate surface area is 119 Å². The molecule has 0 aliphatic rings. The van der Waals surface area contributed by atoms with E-state index in [2.05, 4.69) is 4.99 Å². The molecule has 0 amide bonds. The van der Waals surface area contributed by atoms with Crippen molar-refractivity contribution in [3.63, 3.8) is 0 Å². The van der Waals surface area contributed by atoms with Gasteiger partial charge in [0.2, 0.25) is 0 Å². The van der Waals surface area contributed by atoms with Crippen LogP contribution in [0.4, 0.5) is 0 Å². The van der Waals surface area contributed by atoms with Gasteiger partial charge in [0.25, 0.3) is 0 Å². The highest BCUT2D eigenvalue weighted by Crippen LogP contribution is 2.16. The van der Waals surface area contributed by atoms with E-state index in [9.17, 15) is 4.79 Å². The molecule has 0 bridgehead atoms. The van der Waals surface area contributed by atoms with Gasteiger partial charge in [-0.3, -0.25) is 9.79 Å². The lowest BCUT2D eigenvalue weighted by Gasteiger charge is -2.20. The van der Waals surface area contributed by atoms with Crippen molar-refractivity contribution in [2.45, 2.75) is 31.6 Å². The third-order valence-corrected chi connectivity index (χ3v) is 3.24. The van der Waals surface area contributed by atoms with Gasteiger partial charge in [-0.1, -0.05) is 6.92 Å². The molecule has 0 aromatic heterocycles. The lowest BCUT2D eigenvalue weighted by atomic mass is 10.1. The average molecular weight is 306 g/mol. The first-order valence-corrected chi connectivity index (χ1v) is 5.71. The summed E-state index contributed by atoms with van der Waals surface area (Å²) in [6.45, 7) is 5.78. The molecule has 0 heterocycles. The number of carboxylic acid groups (broad SMARTS) is 1. The zero-order chi connectivity index (χ0) is 12.1. The van der Waals surface area contributed by atoms with Gasteiger partial charge in [0.05, 0.1) is 12.4 Å². The summed E-state index contributed by atoms with van der Waals surface area (Å²) in [5.41, 5.74) is 9.80. The minimum atomic E-state index is -1.18. The van der Waals surface area contributed by atoms with Crippen molar-refractivity contribution in [3.05, 3.63) is 0 Å². The van der Waals surface area contributed by atoms with Crippen LogP contribution in [0.1, 0.15) is 20.8 Å². The summed E-state index contributed by atoms with van der Waals surface area (Å²) >= 11 is 1.49. The highest BCUT2D eigenvalue weighted by Gasteiger charge is 2.28. The van der Waals surface area contributed by atoms with Gasteiger partial charge in [0.1, 0.15) is 5.54 Å². The first-order valence-electron chi connectivity index (χ1n) is 4.66. The predicted molar refractivity (Wildman–Crippen MR) is 78.8 cm³/mol. The fourth-order valence-corrected chi connectivity index (χ4v) is 1.64. The molecule has 0 aromatic rings. The summed E-state index contributed by atoms with van der Waals surface area (Å²) < 4.78 is 0. The molecule has 5 nitrogen and oxygen atoms in total. The third kappa shape index (κ3) is 10.7. The summed E-state index contributed by atoms with van der Waals surface area (Å²) in [6.07, 6.45) is 0. The van der Waals surface area contributed by atoms with Crippen LogP contribution in [-0.2, 0) is 4.79 Å². The highest BCUT2D eigenvalue weighted by atomic mass is 35.5. The fourth-order valence-electron chi connectivity index (χ4n) is 0.702. The Morgan fingerprint density at radius 3 is 2.35 bits per heavy atom. The van der Waals surface area contributed by atoms with Crippen molar-refractivity contribution in [3.8, 4) is 0 Å². The number of amidine groups is 1. The van der Waals surface area contributed by atoms with Crippen LogP contribution in [0.2, 0.25) is 0 Å². The SMILES string of the molecule is CC(N)=NC[C@H](C)SC[C@](C)(N)C(=O)O.Cl.Cl. The Balaban J connectivity index is -0.000000980. The molecule has 0 radical (unpaired) electrons. The van der Waals surface area contributed by atoms with Crippen LogP contribution < -0.4 is 11.5 Å². The average Bonchev–Trinajstić information content (AvgIpc) is 2.11. The van der Waals surface area contributed by atoms with Gasteiger partial charge in [-0.15, -0.1) is 24.8 Å². The number of carbonyl (C=O) groups is 1. The van der Waals surface area contributed by atoms with Gasteiger partial charge in [-0.05, 0) is 13.8 Å². The molecule has 17 heavy (non-hydrogen) atoms. The van der Waals surface area contributed by atoms with E-state index in [-0.39, 0.29) is 30.1 Å². The van der Waals surface area contributed by atoms with Crippen molar-refractivity contribution in [2.24, 2.45) is 16.5 Å². The number of nitrogens with two attached hydrogens (primary N) is 2. The smallest absolute Gasteiger partial charge is 0.324 e. The maximum absolute atomic E-state index is 10.7. The van der Waals surface area contributed by atoms with E-state index in [0.29, 0.717) is 18.1 Å². The van der Waals surface area contributed by atoms with Gasteiger partial charge < -0.3 is 16.6 Å². The van der Waals surface area contributed by atoms with Gasteiger partial charge in [0.15, 0.2) is 0 Å². The second-order valence-electron chi connectivity index (χ2n) is 3.83. The summed E-state index contributed by atoms with van der Waals surface area (Å²) in [7, 11) is 0. The predicted octanol–water partition coefficient (Wildman–Crippen LogP) is 1.13. The Kier molecular flexibility index (Phi) is 12.7. The molecule has 0 saturated carbocycles. The standard InChI is InChI=1S/C9H19N3O2S.2ClH/c1-6(4-12-7(2)10)15-5-9(3,11)8(13)14;;/h6H,4-5,11H2,1-3H3,(H2,10,12)(H,13,14);2*1H/t6-,9-;;/m0../s1. The Morgan fingerprint density at radius 2 is 2.00 bits per heavy atom. The molecule has 0 aromatic carbocycles. The second-order valence-corrected chi connectivity index (χ2v) is 5.25. The number of hydrogen-bond acceptors (Lipinski definition) is 4. The minimum Gasteiger partial charge on any atom is -0.480 e. The fraction of sp³-hybridized carbons (Fsp3) is 0.778. The molecule has 0 aliphatic heterocycles. The van der Waals surface area contributed by atoms with Gasteiger partial charge in [-0.2, -0.15) is 11.8 Å². The number of halogens is 2. The van der Waals surface area contributed by atoms with Crippen molar-refractivity contribution in [1.82, 2.24) is 0 Å². The van der Waals surface area contributed by atoms with Crippen molar-refractivity contribution in [1.29, 1.82) is 0 Å². The summed E-state index contributed by atoms with van der Waals surface area (Å²) in [6, 6.07) is 0. The number of carboxylic acids is 1. The zero-order valence-electron chi connectivity index (χ0n) is 10.2. The number of aliphatic imine (C=N–C) groups is 1. The lowest BCUT2D eigenvalue weighted by Crippen LogP contribution is -2.47. The van der Waals surface area contributed by atoms with Crippen LogP contribution >= 0.6 is 36.6 Å². The Morgan fingerprint density at radius 1 is 1.53 bits per heavy atom. The van der Waals surface area contributed by atoms with E-state index in [1.165, 1.54) is 18.7 Å². The zero-order valence-corrected chi connectivity index (χ0v) is 12.6. The monoisotopic (exact) mass is 305 g/mol. The van der Waals surface area contributed by atoms with Crippen LogP contribution in [0, 0.1) is 0 Å². The molecule has 0 fully saturated rings. The normalized spacial score (nSPS) is 16.1. The molecule has 0 unspecified atom stereocenters. The number of thioether (sulfide) groups is 1. The van der Waals surface area contributed by atoms with Crippen LogP contribution in [0.25, 0.3) is 0 Å². The van der Waals surface area contributed by atoms with Crippen LogP contribution in [0.3, 0.4) is 0 Å². The highest BCUT2D eigenvalue weighted by molar-refractivity contribution is 8.00. The maximum Gasteiger partial charge on any atom is 0.324 e. The molecule has 2 atom stereocenters. The van der Waals surface area contributed by atoms with Gasteiger partial charge >= 0.3 is 5.97 Å². The van der Waals surface area contributed by atoms with Crippen LogP contribution in [0.15, 0.2) is 4.99 Å². The first kappa shape index (κ1) is 22.0. The molecular weight excluding hydrogens is 285 g/mol. The molecule has 0 spiro atoms. The Bertz CT molecular complexity index is 259. The maximum atomic E-state index is 10.7. The topological polar surface area (TPSA) is 102 Å². The van der Waals surface area contributed by atoms with Crippen LogP contribution in [0.5, 0.6) is 0 Å². The van der Waals surface area contributed by atoms with Crippen LogP contribution in [-0.4, -0.2) is 40.0 Å². The van der Waals surface area contributed by atoms with Crippen molar-refractivity contribution < 1.29 is 9.90 Å². The number of nitrogens with zero attached hydrogens (tertiary/aromatic N) is 1. The number of rotatable bonds is 6. The minimum absolute atomic E-state index is 0. The van der Waals surface area contributed by atoms with Gasteiger partial charge in [-0.25, -0.2) is 0 Å². The number of hydrogen-bond donors (Lipinski definition) is 3. The van der Waals surface area contributed by atoms with Crippen molar-refractivity contribution >= 4 is 48.4 Å². The van der Waals surface area contributed by atoms with E-state index in [0.717, 1.165) is 0 Å². The molecule has 5 N–H and O–H groups in total. The molecule has 0 aliphatic carbocycles. The Hall–Kier alpha value is -0.170. The molecule has 0 rings (SSSR count). The van der Waals surface area contributed by atoms with E-state index in [1.54, 1.807) is 6.92 Å². The number of aliphatic carboxylic acids is 1.